The quantitative estimate of drug-likeness (QED) is 0.774. The van der Waals surface area contributed by atoms with Gasteiger partial charge in [-0.1, -0.05) is 6.92 Å². The lowest BCUT2D eigenvalue weighted by Gasteiger charge is -2.02. The summed E-state index contributed by atoms with van der Waals surface area (Å²) in [5.41, 5.74) is 0.643. The highest BCUT2D eigenvalue weighted by molar-refractivity contribution is 7.12. The number of hydrogen-bond acceptors (Lipinski definition) is 6. The Bertz CT molecular complexity index is 658. The molecule has 0 aromatic carbocycles. The van der Waals surface area contributed by atoms with Gasteiger partial charge < -0.3 is 5.32 Å². The maximum atomic E-state index is 4.25. The molecule has 1 N–H and O–H groups in total. The van der Waals surface area contributed by atoms with Crippen LogP contribution in [0.2, 0.25) is 0 Å². The van der Waals surface area contributed by atoms with Crippen LogP contribution in [0.1, 0.15) is 16.7 Å². The SMILES string of the molecule is CCc1ccc(CNc2ccc3nnnn3n2)s1. The zero-order valence-electron chi connectivity index (χ0n) is 9.87. The van der Waals surface area contributed by atoms with E-state index in [9.17, 15) is 0 Å². The molecule has 6 nitrogen and oxygen atoms in total. The van der Waals surface area contributed by atoms with Crippen molar-refractivity contribution >= 4 is 22.8 Å². The van der Waals surface area contributed by atoms with E-state index in [0.29, 0.717) is 5.65 Å². The highest BCUT2D eigenvalue weighted by Gasteiger charge is 2.02. The van der Waals surface area contributed by atoms with Crippen molar-refractivity contribution in [3.63, 3.8) is 0 Å². The van der Waals surface area contributed by atoms with E-state index in [-0.39, 0.29) is 0 Å². The van der Waals surface area contributed by atoms with E-state index in [1.807, 2.05) is 23.5 Å². The van der Waals surface area contributed by atoms with Gasteiger partial charge in [0, 0.05) is 9.75 Å². The van der Waals surface area contributed by atoms with Crippen molar-refractivity contribution < 1.29 is 0 Å². The van der Waals surface area contributed by atoms with E-state index in [1.165, 1.54) is 14.4 Å². The van der Waals surface area contributed by atoms with E-state index in [4.69, 9.17) is 0 Å². The Kier molecular flexibility index (Phi) is 2.89. The summed E-state index contributed by atoms with van der Waals surface area (Å²) in [4.78, 5) is 2.70. The van der Waals surface area contributed by atoms with Crippen LogP contribution >= 0.6 is 11.3 Å². The molecule has 0 saturated carbocycles. The normalized spacial score (nSPS) is 10.9. The number of nitrogens with one attached hydrogen (secondary N) is 1. The molecule has 0 aliphatic heterocycles. The monoisotopic (exact) mass is 260 g/mol. The Morgan fingerprint density at radius 2 is 2.11 bits per heavy atom. The number of rotatable bonds is 4. The van der Waals surface area contributed by atoms with Gasteiger partial charge in [0.05, 0.1) is 6.54 Å². The summed E-state index contributed by atoms with van der Waals surface area (Å²) in [6, 6.07) is 8.02. The van der Waals surface area contributed by atoms with Gasteiger partial charge >= 0.3 is 0 Å². The van der Waals surface area contributed by atoms with Crippen molar-refractivity contribution in [1.29, 1.82) is 0 Å². The van der Waals surface area contributed by atoms with Crippen LogP contribution in [0.3, 0.4) is 0 Å². The Balaban J connectivity index is 1.72. The molecule has 0 amide bonds. The molecular weight excluding hydrogens is 248 g/mol. The van der Waals surface area contributed by atoms with Crippen molar-refractivity contribution in [2.75, 3.05) is 5.32 Å². The molecule has 0 radical (unpaired) electrons. The lowest BCUT2D eigenvalue weighted by molar-refractivity contribution is 0.734. The number of fused-ring (bicyclic) bond motifs is 1. The number of tetrazole rings is 1. The zero-order chi connectivity index (χ0) is 12.4. The largest absolute Gasteiger partial charge is 0.364 e. The highest BCUT2D eigenvalue weighted by atomic mass is 32.1. The molecule has 0 atom stereocenters. The molecule has 3 aromatic heterocycles. The fourth-order valence-corrected chi connectivity index (χ4v) is 2.53. The summed E-state index contributed by atoms with van der Waals surface area (Å²) in [7, 11) is 0. The highest BCUT2D eigenvalue weighted by Crippen LogP contribution is 2.17. The average Bonchev–Trinajstić information content (AvgIpc) is 3.04. The van der Waals surface area contributed by atoms with Gasteiger partial charge in [-0.25, -0.2) is 0 Å². The smallest absolute Gasteiger partial charge is 0.200 e. The van der Waals surface area contributed by atoms with Gasteiger partial charge in [0.15, 0.2) is 5.65 Å². The van der Waals surface area contributed by atoms with Crippen LogP contribution in [0.4, 0.5) is 5.82 Å². The van der Waals surface area contributed by atoms with Gasteiger partial charge in [-0.2, -0.15) is 0 Å². The van der Waals surface area contributed by atoms with Gasteiger partial charge in [-0.3, -0.25) is 0 Å². The lowest BCUT2D eigenvalue weighted by Crippen LogP contribution is -2.03. The third kappa shape index (κ3) is 2.17. The van der Waals surface area contributed by atoms with Crippen molar-refractivity contribution in [3.05, 3.63) is 34.0 Å². The Morgan fingerprint density at radius 3 is 2.94 bits per heavy atom. The summed E-state index contributed by atoms with van der Waals surface area (Å²) in [6.45, 7) is 2.93. The molecule has 0 fully saturated rings. The van der Waals surface area contributed by atoms with Gasteiger partial charge in [-0.05, 0) is 41.1 Å². The van der Waals surface area contributed by atoms with Crippen LogP contribution in [0.15, 0.2) is 24.3 Å². The zero-order valence-corrected chi connectivity index (χ0v) is 10.7. The lowest BCUT2D eigenvalue weighted by atomic mass is 10.3. The Labute approximate surface area is 108 Å². The first-order valence-electron chi connectivity index (χ1n) is 5.72. The first kappa shape index (κ1) is 11.1. The number of nitrogens with zero attached hydrogens (tertiary/aromatic N) is 5. The molecule has 0 bridgehead atoms. The van der Waals surface area contributed by atoms with E-state index in [2.05, 4.69) is 45.0 Å². The number of thiophene rings is 1. The molecule has 92 valence electrons. The van der Waals surface area contributed by atoms with Crippen LogP contribution in [-0.2, 0) is 13.0 Å². The second kappa shape index (κ2) is 4.69. The molecule has 0 saturated heterocycles. The molecule has 3 aromatic rings. The first-order chi connectivity index (χ1) is 8.85. The Hall–Kier alpha value is -2.02. The summed E-state index contributed by atoms with van der Waals surface area (Å²) >= 11 is 1.82. The second-order valence-corrected chi connectivity index (χ2v) is 5.07. The molecule has 0 spiro atoms. The van der Waals surface area contributed by atoms with Crippen LogP contribution in [-0.4, -0.2) is 25.3 Å². The topological polar surface area (TPSA) is 68.0 Å². The predicted molar refractivity (Wildman–Crippen MR) is 69.6 cm³/mol. The van der Waals surface area contributed by atoms with Crippen molar-refractivity contribution in [2.45, 2.75) is 19.9 Å². The summed E-state index contributed by atoms with van der Waals surface area (Å²) < 4.78 is 1.41. The Morgan fingerprint density at radius 1 is 1.22 bits per heavy atom. The molecule has 0 unspecified atom stereocenters. The summed E-state index contributed by atoms with van der Waals surface area (Å²) in [5.74, 6) is 0.765. The first-order valence-corrected chi connectivity index (χ1v) is 6.53. The number of anilines is 1. The average molecular weight is 260 g/mol. The maximum absolute atomic E-state index is 4.25. The molecule has 3 rings (SSSR count). The van der Waals surface area contributed by atoms with Gasteiger partial charge in [0.25, 0.3) is 0 Å². The number of aryl methyl sites for hydroxylation is 1. The van der Waals surface area contributed by atoms with E-state index >= 15 is 0 Å². The fourth-order valence-electron chi connectivity index (χ4n) is 1.63. The summed E-state index contributed by atoms with van der Waals surface area (Å²) in [5, 5.41) is 18.6. The van der Waals surface area contributed by atoms with E-state index in [1.54, 1.807) is 0 Å². The fraction of sp³-hybridized carbons (Fsp3) is 0.273. The van der Waals surface area contributed by atoms with Crippen molar-refractivity contribution in [2.24, 2.45) is 0 Å². The third-order valence-electron chi connectivity index (χ3n) is 2.58. The van der Waals surface area contributed by atoms with Crippen LogP contribution in [0.25, 0.3) is 5.65 Å². The molecule has 3 heterocycles. The van der Waals surface area contributed by atoms with Crippen molar-refractivity contribution in [3.8, 4) is 0 Å². The van der Waals surface area contributed by atoms with Crippen molar-refractivity contribution in [1.82, 2.24) is 25.3 Å². The number of aromatic nitrogens is 5. The minimum absolute atomic E-state index is 0.643. The molecule has 18 heavy (non-hydrogen) atoms. The van der Waals surface area contributed by atoms with Gasteiger partial charge in [0.2, 0.25) is 0 Å². The molecular formula is C11H12N6S. The van der Waals surface area contributed by atoms with Gasteiger partial charge in [0.1, 0.15) is 5.82 Å². The van der Waals surface area contributed by atoms with E-state index < -0.39 is 0 Å². The maximum Gasteiger partial charge on any atom is 0.200 e. The minimum Gasteiger partial charge on any atom is -0.364 e. The summed E-state index contributed by atoms with van der Waals surface area (Å²) in [6.07, 6.45) is 1.08. The van der Waals surface area contributed by atoms with Crippen LogP contribution in [0.5, 0.6) is 0 Å². The van der Waals surface area contributed by atoms with Crippen LogP contribution in [0, 0.1) is 0 Å². The molecule has 0 aliphatic rings. The molecule has 0 aliphatic carbocycles. The van der Waals surface area contributed by atoms with Gasteiger partial charge in [-0.15, -0.1) is 26.2 Å². The standard InChI is InChI=1S/C11H12N6S/c1-2-8-3-4-9(18-8)7-12-10-5-6-11-13-15-16-17(11)14-10/h3-6H,2,7H2,1H3,(H,12,14). The van der Waals surface area contributed by atoms with Crippen LogP contribution < -0.4 is 5.32 Å². The third-order valence-corrected chi connectivity index (χ3v) is 3.81. The minimum atomic E-state index is 0.643. The molecule has 7 heteroatoms. The van der Waals surface area contributed by atoms with E-state index in [0.717, 1.165) is 18.8 Å². The predicted octanol–water partition coefficient (Wildman–Crippen LogP) is 1.76. The second-order valence-electron chi connectivity index (χ2n) is 3.82. The number of hydrogen-bond donors (Lipinski definition) is 1.